The quantitative estimate of drug-likeness (QED) is 0.865. The van der Waals surface area contributed by atoms with E-state index in [9.17, 15) is 14.7 Å². The first-order chi connectivity index (χ1) is 12.8. The number of anilines is 1. The minimum Gasteiger partial charge on any atom is -0.503 e. The van der Waals surface area contributed by atoms with Gasteiger partial charge in [0.25, 0.3) is 5.91 Å². The molecule has 5 nitrogen and oxygen atoms in total. The fraction of sp³-hybridized carbons (Fsp3) is 0.273. The predicted molar refractivity (Wildman–Crippen MR) is 104 cm³/mol. The third kappa shape index (κ3) is 3.33. The van der Waals surface area contributed by atoms with Crippen molar-refractivity contribution >= 4 is 17.4 Å². The zero-order valence-electron chi connectivity index (χ0n) is 15.9. The van der Waals surface area contributed by atoms with E-state index in [-0.39, 0.29) is 17.3 Å². The maximum atomic E-state index is 12.9. The molecule has 1 aliphatic rings. The van der Waals surface area contributed by atoms with Crippen LogP contribution >= 0.6 is 0 Å². The van der Waals surface area contributed by atoms with Gasteiger partial charge < -0.3 is 9.84 Å². The Morgan fingerprint density at radius 1 is 1.15 bits per heavy atom. The van der Waals surface area contributed by atoms with Crippen LogP contribution in [-0.2, 0) is 9.59 Å². The molecular weight excluding hydrogens is 342 g/mol. The number of Topliss-reactive ketones (excluding diaryl/α,β-unsaturated/α-hetero) is 1. The topological polar surface area (TPSA) is 66.8 Å². The van der Waals surface area contributed by atoms with Gasteiger partial charge in [0.15, 0.2) is 11.5 Å². The molecule has 0 aromatic heterocycles. The first kappa shape index (κ1) is 18.7. The van der Waals surface area contributed by atoms with Crippen molar-refractivity contribution in [2.75, 3.05) is 12.0 Å². The first-order valence-corrected chi connectivity index (χ1v) is 8.86. The Bertz CT molecular complexity index is 912. The van der Waals surface area contributed by atoms with E-state index in [2.05, 4.69) is 0 Å². The van der Waals surface area contributed by atoms with Gasteiger partial charge in [-0.15, -0.1) is 0 Å². The van der Waals surface area contributed by atoms with Gasteiger partial charge in [-0.1, -0.05) is 43.7 Å². The Hall–Kier alpha value is -3.08. The van der Waals surface area contributed by atoms with Gasteiger partial charge in [-0.3, -0.25) is 14.5 Å². The smallest absolute Gasteiger partial charge is 0.294 e. The van der Waals surface area contributed by atoms with Crippen molar-refractivity contribution in [2.45, 2.75) is 26.8 Å². The zero-order valence-corrected chi connectivity index (χ0v) is 15.9. The van der Waals surface area contributed by atoms with Crippen LogP contribution in [0.5, 0.6) is 5.75 Å². The summed E-state index contributed by atoms with van der Waals surface area (Å²) in [7, 11) is 1.56. The number of rotatable bonds is 5. The highest BCUT2D eigenvalue weighted by Gasteiger charge is 2.44. The molecule has 0 spiro atoms. The lowest BCUT2D eigenvalue weighted by molar-refractivity contribution is -0.119. The molecule has 0 fully saturated rings. The zero-order chi connectivity index (χ0) is 19.7. The summed E-state index contributed by atoms with van der Waals surface area (Å²) in [6, 6.07) is 13.9. The maximum Gasteiger partial charge on any atom is 0.294 e. The van der Waals surface area contributed by atoms with Gasteiger partial charge in [0.1, 0.15) is 5.75 Å². The maximum absolute atomic E-state index is 12.9. The molecule has 1 atom stereocenters. The van der Waals surface area contributed by atoms with Gasteiger partial charge in [0.05, 0.1) is 18.7 Å². The second-order valence-corrected chi connectivity index (χ2v) is 6.97. The van der Waals surface area contributed by atoms with Gasteiger partial charge >= 0.3 is 0 Å². The fourth-order valence-corrected chi connectivity index (χ4v) is 3.27. The first-order valence-electron chi connectivity index (χ1n) is 8.86. The number of amides is 1. The van der Waals surface area contributed by atoms with Crippen molar-refractivity contribution in [3.05, 3.63) is 71.0 Å². The summed E-state index contributed by atoms with van der Waals surface area (Å²) in [6.07, 6.45) is 0. The van der Waals surface area contributed by atoms with Crippen molar-refractivity contribution in [3.8, 4) is 5.75 Å². The Labute approximate surface area is 158 Å². The molecule has 1 heterocycles. The second kappa shape index (κ2) is 7.27. The minimum absolute atomic E-state index is 0.129. The highest BCUT2D eigenvalue weighted by atomic mass is 16.5. The number of nitrogens with zero attached hydrogens (tertiary/aromatic N) is 1. The third-order valence-electron chi connectivity index (χ3n) is 4.72. The third-order valence-corrected chi connectivity index (χ3v) is 4.72. The van der Waals surface area contributed by atoms with Crippen molar-refractivity contribution in [3.63, 3.8) is 0 Å². The van der Waals surface area contributed by atoms with Crippen LogP contribution in [0.3, 0.4) is 0 Å². The largest absolute Gasteiger partial charge is 0.503 e. The van der Waals surface area contributed by atoms with E-state index in [1.165, 1.54) is 4.90 Å². The van der Waals surface area contributed by atoms with Gasteiger partial charge in [0, 0.05) is 11.6 Å². The lowest BCUT2D eigenvalue weighted by atomic mass is 9.91. The molecule has 0 saturated heterocycles. The van der Waals surface area contributed by atoms with E-state index < -0.39 is 17.7 Å². The number of carbonyl (C=O) groups is 2. The molecule has 3 rings (SSSR count). The van der Waals surface area contributed by atoms with Crippen LogP contribution in [0.1, 0.15) is 31.0 Å². The number of aliphatic hydroxyl groups is 1. The van der Waals surface area contributed by atoms with Gasteiger partial charge in [-0.2, -0.15) is 0 Å². The Morgan fingerprint density at radius 2 is 1.81 bits per heavy atom. The number of aryl methyl sites for hydroxylation is 1. The fourth-order valence-electron chi connectivity index (χ4n) is 3.27. The SMILES string of the molecule is COc1cccc(C2C(C(=O)C(C)C)=C(O)C(=O)N2c2ccc(C)cc2)c1. The van der Waals surface area contributed by atoms with Gasteiger partial charge in [0.2, 0.25) is 0 Å². The number of carbonyl (C=O) groups excluding carboxylic acids is 2. The molecule has 0 saturated carbocycles. The van der Waals surface area contributed by atoms with Crippen LogP contribution in [0, 0.1) is 12.8 Å². The summed E-state index contributed by atoms with van der Waals surface area (Å²) in [5.41, 5.74) is 2.51. The number of benzene rings is 2. The molecule has 1 unspecified atom stereocenters. The van der Waals surface area contributed by atoms with Gasteiger partial charge in [-0.25, -0.2) is 0 Å². The average molecular weight is 365 g/mol. The summed E-state index contributed by atoms with van der Waals surface area (Å²) >= 11 is 0. The van der Waals surface area contributed by atoms with Crippen molar-refractivity contribution in [1.29, 1.82) is 0 Å². The average Bonchev–Trinajstić information content (AvgIpc) is 2.93. The molecule has 0 aliphatic carbocycles. The van der Waals surface area contributed by atoms with E-state index in [1.807, 2.05) is 37.3 Å². The van der Waals surface area contributed by atoms with E-state index in [1.54, 1.807) is 39.2 Å². The van der Waals surface area contributed by atoms with E-state index in [0.717, 1.165) is 5.56 Å². The molecule has 2 aromatic rings. The van der Waals surface area contributed by atoms with Crippen LogP contribution < -0.4 is 9.64 Å². The molecule has 27 heavy (non-hydrogen) atoms. The summed E-state index contributed by atoms with van der Waals surface area (Å²) in [5, 5.41) is 10.6. The molecule has 2 aromatic carbocycles. The summed E-state index contributed by atoms with van der Waals surface area (Å²) in [6.45, 7) is 5.47. The molecule has 1 aliphatic heterocycles. The minimum atomic E-state index is -0.704. The Balaban J connectivity index is 2.19. The van der Waals surface area contributed by atoms with Crippen molar-refractivity contribution in [1.82, 2.24) is 0 Å². The lowest BCUT2D eigenvalue weighted by Gasteiger charge is -2.27. The van der Waals surface area contributed by atoms with E-state index in [0.29, 0.717) is 17.0 Å². The van der Waals surface area contributed by atoms with Crippen molar-refractivity contribution in [2.24, 2.45) is 5.92 Å². The number of hydrogen-bond donors (Lipinski definition) is 1. The monoisotopic (exact) mass is 365 g/mol. The molecule has 0 radical (unpaired) electrons. The molecule has 0 bridgehead atoms. The Kier molecular flexibility index (Phi) is 5.04. The Morgan fingerprint density at radius 3 is 2.41 bits per heavy atom. The molecule has 140 valence electrons. The number of aliphatic hydroxyl groups excluding tert-OH is 1. The number of ketones is 1. The lowest BCUT2D eigenvalue weighted by Crippen LogP contribution is -2.31. The molecular formula is C22H23NO4. The molecule has 5 heteroatoms. The van der Waals surface area contributed by atoms with Crippen molar-refractivity contribution < 1.29 is 19.4 Å². The molecule has 1 N–H and O–H groups in total. The normalized spacial score (nSPS) is 17.0. The summed E-state index contributed by atoms with van der Waals surface area (Å²) in [5.74, 6) is -1.03. The van der Waals surface area contributed by atoms with E-state index in [4.69, 9.17) is 4.74 Å². The molecule has 1 amide bonds. The van der Waals surface area contributed by atoms with Crippen LogP contribution in [0.15, 0.2) is 59.9 Å². The highest BCUT2D eigenvalue weighted by Crippen LogP contribution is 2.42. The number of methoxy groups -OCH3 is 1. The van der Waals surface area contributed by atoms with Crippen LogP contribution in [0.25, 0.3) is 0 Å². The summed E-state index contributed by atoms with van der Waals surface area (Å²) in [4.78, 5) is 27.2. The van der Waals surface area contributed by atoms with Gasteiger partial charge in [-0.05, 0) is 36.8 Å². The van der Waals surface area contributed by atoms with Crippen LogP contribution in [-0.4, -0.2) is 23.9 Å². The standard InChI is InChI=1S/C22H23NO4/c1-13(2)20(24)18-19(15-6-5-7-17(12-15)27-4)23(22(26)21(18)25)16-10-8-14(3)9-11-16/h5-13,19,25H,1-4H3. The summed E-state index contributed by atoms with van der Waals surface area (Å²) < 4.78 is 5.30. The number of ether oxygens (including phenoxy) is 1. The number of hydrogen-bond acceptors (Lipinski definition) is 4. The van der Waals surface area contributed by atoms with Crippen LogP contribution in [0.4, 0.5) is 5.69 Å². The predicted octanol–water partition coefficient (Wildman–Crippen LogP) is 4.13. The second-order valence-electron chi connectivity index (χ2n) is 6.97. The van der Waals surface area contributed by atoms with E-state index >= 15 is 0 Å². The highest BCUT2D eigenvalue weighted by molar-refractivity contribution is 6.16. The van der Waals surface area contributed by atoms with Crippen LogP contribution in [0.2, 0.25) is 0 Å².